The van der Waals surface area contributed by atoms with Crippen LogP contribution in [0.25, 0.3) is 11.1 Å². The van der Waals surface area contributed by atoms with Gasteiger partial charge in [0.2, 0.25) is 0 Å². The molecule has 2 N–H and O–H groups in total. The molecule has 0 unspecified atom stereocenters. The van der Waals surface area contributed by atoms with Crippen LogP contribution in [-0.4, -0.2) is 43.8 Å². The lowest BCUT2D eigenvalue weighted by Gasteiger charge is -2.26. The summed E-state index contributed by atoms with van der Waals surface area (Å²) in [7, 11) is 1.48. The number of ether oxygens (including phenoxy) is 3. The Morgan fingerprint density at radius 1 is 1.00 bits per heavy atom. The highest BCUT2D eigenvalue weighted by molar-refractivity contribution is 5.79. The molecule has 0 aromatic heterocycles. The number of para-hydroxylation sites is 1. The molecule has 208 valence electrons. The van der Waals surface area contributed by atoms with Gasteiger partial charge >= 0.3 is 12.1 Å². The average molecular weight is 544 g/mol. The number of methoxy groups -OCH3 is 1. The number of alkyl halides is 3. The van der Waals surface area contributed by atoms with Crippen molar-refractivity contribution < 1.29 is 32.2 Å². The lowest BCUT2D eigenvalue weighted by molar-refractivity contribution is -0.142. The lowest BCUT2D eigenvalue weighted by atomic mass is 9.94. The molecule has 0 aliphatic heterocycles. The van der Waals surface area contributed by atoms with Crippen LogP contribution in [0.3, 0.4) is 0 Å². The van der Waals surface area contributed by atoms with Gasteiger partial charge in [-0.05, 0) is 66.9 Å². The zero-order valence-electron chi connectivity index (χ0n) is 22.1. The molecule has 7 nitrogen and oxygen atoms in total. The van der Waals surface area contributed by atoms with E-state index in [0.29, 0.717) is 40.3 Å². The van der Waals surface area contributed by atoms with Crippen molar-refractivity contribution in [1.82, 2.24) is 4.90 Å². The zero-order chi connectivity index (χ0) is 28.4. The monoisotopic (exact) mass is 543 g/mol. The first-order chi connectivity index (χ1) is 18.7. The summed E-state index contributed by atoms with van der Waals surface area (Å²) in [5.41, 5.74) is 6.95. The summed E-state index contributed by atoms with van der Waals surface area (Å²) in [6.07, 6.45) is -4.53. The minimum atomic E-state index is -4.55. The van der Waals surface area contributed by atoms with Gasteiger partial charge in [0.25, 0.3) is 6.02 Å². The summed E-state index contributed by atoms with van der Waals surface area (Å²) in [6.45, 7) is 4.14. The Kier molecular flexibility index (Phi) is 10.3. The molecule has 39 heavy (non-hydrogen) atoms. The molecular formula is C29H32F3N3O4. The number of hydrogen-bond acceptors (Lipinski definition) is 6. The first-order valence-corrected chi connectivity index (χ1v) is 12.5. The predicted molar refractivity (Wildman–Crippen MR) is 143 cm³/mol. The van der Waals surface area contributed by atoms with Crippen molar-refractivity contribution in [2.45, 2.75) is 33.0 Å². The van der Waals surface area contributed by atoms with Crippen LogP contribution in [0.1, 0.15) is 30.5 Å². The van der Waals surface area contributed by atoms with Gasteiger partial charge in [-0.1, -0.05) is 30.3 Å². The second-order valence-corrected chi connectivity index (χ2v) is 8.44. The molecule has 0 spiro atoms. The van der Waals surface area contributed by atoms with E-state index in [1.165, 1.54) is 13.2 Å². The van der Waals surface area contributed by atoms with Gasteiger partial charge in [0.1, 0.15) is 11.5 Å². The SMILES string of the molecule is CCOC(=O)Cc1ccc(OC)c(-c2ccc(C(F)(F)F)cc2CN(CC)/C(=N/CN)Oc2ccccc2)c1. The van der Waals surface area contributed by atoms with Crippen molar-refractivity contribution in [2.75, 3.05) is 26.9 Å². The summed E-state index contributed by atoms with van der Waals surface area (Å²) < 4.78 is 57.8. The van der Waals surface area contributed by atoms with Gasteiger partial charge < -0.3 is 24.8 Å². The second kappa shape index (κ2) is 13.7. The number of esters is 1. The van der Waals surface area contributed by atoms with Gasteiger partial charge in [-0.3, -0.25) is 4.79 Å². The fourth-order valence-corrected chi connectivity index (χ4v) is 4.01. The zero-order valence-corrected chi connectivity index (χ0v) is 22.1. The summed E-state index contributed by atoms with van der Waals surface area (Å²) in [5, 5.41) is 0. The van der Waals surface area contributed by atoms with Gasteiger partial charge in [0, 0.05) is 18.7 Å². The van der Waals surface area contributed by atoms with E-state index in [1.54, 1.807) is 54.3 Å². The first kappa shape index (κ1) is 29.5. The number of carbonyl (C=O) groups excluding carboxylic acids is 1. The van der Waals surface area contributed by atoms with Gasteiger partial charge in [-0.25, -0.2) is 4.99 Å². The van der Waals surface area contributed by atoms with Crippen LogP contribution in [0, 0.1) is 0 Å². The minimum absolute atomic E-state index is 0.0140. The van der Waals surface area contributed by atoms with Gasteiger partial charge in [-0.2, -0.15) is 13.2 Å². The fraction of sp³-hybridized carbons (Fsp3) is 0.310. The summed E-state index contributed by atoms with van der Waals surface area (Å²) in [5.74, 6) is 0.558. The molecule has 0 aliphatic rings. The molecule has 3 aromatic carbocycles. The molecule has 0 saturated heterocycles. The minimum Gasteiger partial charge on any atom is -0.496 e. The molecule has 3 rings (SSSR count). The Balaban J connectivity index is 2.09. The normalized spacial score (nSPS) is 11.7. The molecule has 10 heteroatoms. The number of carbonyl (C=O) groups is 1. The number of halogens is 3. The van der Waals surface area contributed by atoms with Gasteiger partial charge in [0.05, 0.1) is 32.4 Å². The maximum atomic E-state index is 13.8. The van der Waals surface area contributed by atoms with Crippen LogP contribution in [0.2, 0.25) is 0 Å². The van der Waals surface area contributed by atoms with Crippen LogP contribution >= 0.6 is 0 Å². The van der Waals surface area contributed by atoms with Crippen molar-refractivity contribution in [1.29, 1.82) is 0 Å². The number of nitrogens with two attached hydrogens (primary N) is 1. The summed E-state index contributed by atoms with van der Waals surface area (Å²) in [4.78, 5) is 18.0. The molecule has 0 aliphatic carbocycles. The Bertz CT molecular complexity index is 1280. The lowest BCUT2D eigenvalue weighted by Crippen LogP contribution is -2.35. The first-order valence-electron chi connectivity index (χ1n) is 12.5. The highest BCUT2D eigenvalue weighted by Crippen LogP contribution is 2.38. The van der Waals surface area contributed by atoms with E-state index in [2.05, 4.69) is 4.99 Å². The van der Waals surface area contributed by atoms with Crippen LogP contribution in [-0.2, 0) is 28.7 Å². The van der Waals surface area contributed by atoms with E-state index < -0.39 is 17.7 Å². The van der Waals surface area contributed by atoms with Crippen molar-refractivity contribution in [3.8, 4) is 22.6 Å². The Morgan fingerprint density at radius 3 is 2.36 bits per heavy atom. The highest BCUT2D eigenvalue weighted by atomic mass is 19.4. The molecule has 0 bridgehead atoms. The molecule has 0 saturated carbocycles. The van der Waals surface area contributed by atoms with Crippen molar-refractivity contribution in [3.05, 3.63) is 83.4 Å². The topological polar surface area (TPSA) is 86.4 Å². The third kappa shape index (κ3) is 7.97. The van der Waals surface area contributed by atoms with Crippen molar-refractivity contribution in [3.63, 3.8) is 0 Å². The smallest absolute Gasteiger partial charge is 0.416 e. The molecule has 0 amide bonds. The maximum Gasteiger partial charge on any atom is 0.416 e. The standard InChI is InChI=1S/C29H32F3N3O4/c1-4-35(28(34-19-33)39-23-9-7-6-8-10-23)18-21-17-22(29(30,31)32)12-13-24(21)25-15-20(11-14-26(25)37-3)16-27(36)38-5-2/h6-15,17H,4-5,16,18-19,33H2,1-3H3/b34-28-. The number of rotatable bonds is 10. The third-order valence-electron chi connectivity index (χ3n) is 5.83. The van der Waals surface area contributed by atoms with E-state index in [-0.39, 0.29) is 32.3 Å². The van der Waals surface area contributed by atoms with Crippen LogP contribution in [0.5, 0.6) is 11.5 Å². The van der Waals surface area contributed by atoms with E-state index in [4.69, 9.17) is 19.9 Å². The molecule has 0 fully saturated rings. The largest absolute Gasteiger partial charge is 0.496 e. The van der Waals surface area contributed by atoms with E-state index in [9.17, 15) is 18.0 Å². The van der Waals surface area contributed by atoms with E-state index in [1.807, 2.05) is 13.0 Å². The summed E-state index contributed by atoms with van der Waals surface area (Å²) >= 11 is 0. The number of benzene rings is 3. The number of amidine groups is 1. The Hall–Kier alpha value is -4.05. The van der Waals surface area contributed by atoms with Crippen molar-refractivity contribution in [2.24, 2.45) is 10.7 Å². The fourth-order valence-electron chi connectivity index (χ4n) is 4.01. The van der Waals surface area contributed by atoms with Gasteiger partial charge in [0.15, 0.2) is 0 Å². The molecular weight excluding hydrogens is 511 g/mol. The number of nitrogens with zero attached hydrogens (tertiary/aromatic N) is 2. The highest BCUT2D eigenvalue weighted by Gasteiger charge is 2.32. The van der Waals surface area contributed by atoms with E-state index >= 15 is 0 Å². The average Bonchev–Trinajstić information content (AvgIpc) is 2.91. The van der Waals surface area contributed by atoms with Gasteiger partial charge in [-0.15, -0.1) is 0 Å². The molecule has 3 aromatic rings. The third-order valence-corrected chi connectivity index (χ3v) is 5.83. The van der Waals surface area contributed by atoms with Crippen LogP contribution < -0.4 is 15.2 Å². The second-order valence-electron chi connectivity index (χ2n) is 8.44. The predicted octanol–water partition coefficient (Wildman–Crippen LogP) is 5.66. The quantitative estimate of drug-likeness (QED) is 0.202. The van der Waals surface area contributed by atoms with E-state index in [0.717, 1.165) is 12.1 Å². The van der Waals surface area contributed by atoms with Crippen LogP contribution in [0.15, 0.2) is 71.7 Å². The summed E-state index contributed by atoms with van der Waals surface area (Å²) in [6, 6.07) is 17.8. The number of aliphatic imine (C=N–C) groups is 1. The Morgan fingerprint density at radius 2 is 1.74 bits per heavy atom. The van der Waals surface area contributed by atoms with Crippen molar-refractivity contribution >= 4 is 12.0 Å². The Labute approximate surface area is 226 Å². The molecule has 0 heterocycles. The maximum absolute atomic E-state index is 13.8. The molecule has 0 atom stereocenters. The number of hydrogen-bond donors (Lipinski definition) is 1. The molecule has 0 radical (unpaired) electrons. The van der Waals surface area contributed by atoms with Crippen LogP contribution in [0.4, 0.5) is 13.2 Å².